The second-order valence-electron chi connectivity index (χ2n) is 4.83. The van der Waals surface area contributed by atoms with Gasteiger partial charge >= 0.3 is 0 Å². The van der Waals surface area contributed by atoms with Gasteiger partial charge in [0, 0.05) is 26.2 Å². The molecule has 17 heavy (non-hydrogen) atoms. The number of nitrogens with zero attached hydrogens (tertiary/aromatic N) is 1. The van der Waals surface area contributed by atoms with E-state index in [0.29, 0.717) is 19.1 Å². The maximum Gasteiger partial charge on any atom is 0.239 e. The molecule has 2 aliphatic heterocycles. The highest BCUT2D eigenvalue weighted by atomic mass is 16.5. The Balaban J connectivity index is 1.78. The van der Waals surface area contributed by atoms with Gasteiger partial charge in [-0.1, -0.05) is 0 Å². The van der Waals surface area contributed by atoms with Gasteiger partial charge in [0.1, 0.15) is 0 Å². The zero-order chi connectivity index (χ0) is 12.3. The van der Waals surface area contributed by atoms with Crippen LogP contribution in [0.2, 0.25) is 0 Å². The topological polar surface area (TPSA) is 61.8 Å². The van der Waals surface area contributed by atoms with Crippen molar-refractivity contribution in [1.82, 2.24) is 10.2 Å². The predicted octanol–water partition coefficient (Wildman–Crippen LogP) is -0.263. The molecule has 98 valence electrons. The lowest BCUT2D eigenvalue weighted by atomic mass is 10.1. The van der Waals surface area contributed by atoms with Gasteiger partial charge in [-0.25, -0.2) is 0 Å². The van der Waals surface area contributed by atoms with Crippen molar-refractivity contribution in [3.05, 3.63) is 0 Å². The molecule has 2 saturated heterocycles. The molecule has 0 aromatic heterocycles. The minimum Gasteiger partial charge on any atom is -0.392 e. The van der Waals surface area contributed by atoms with E-state index < -0.39 is 0 Å². The second kappa shape index (κ2) is 5.80. The standard InChI is InChI=1S/C12H22N2O3/c1-2-17-10-3-5-14(6-4-10)12(16)11-7-9(15)8-13-11/h9-11,13,15H,2-8H2,1H3. The van der Waals surface area contributed by atoms with Crippen molar-refractivity contribution < 1.29 is 14.6 Å². The van der Waals surface area contributed by atoms with Crippen molar-refractivity contribution in [1.29, 1.82) is 0 Å². The Hall–Kier alpha value is -0.650. The lowest BCUT2D eigenvalue weighted by Crippen LogP contribution is -2.48. The minimum atomic E-state index is -0.370. The number of ether oxygens (including phenoxy) is 1. The summed E-state index contributed by atoms with van der Waals surface area (Å²) in [5.41, 5.74) is 0. The van der Waals surface area contributed by atoms with Crippen LogP contribution in [0, 0.1) is 0 Å². The van der Waals surface area contributed by atoms with Crippen LogP contribution >= 0.6 is 0 Å². The molecule has 1 amide bonds. The molecule has 0 spiro atoms. The molecule has 0 bridgehead atoms. The Morgan fingerprint density at radius 1 is 1.47 bits per heavy atom. The summed E-state index contributed by atoms with van der Waals surface area (Å²) in [5, 5.41) is 12.5. The van der Waals surface area contributed by atoms with Gasteiger partial charge < -0.3 is 20.1 Å². The number of rotatable bonds is 3. The first-order valence-corrected chi connectivity index (χ1v) is 6.52. The first-order chi connectivity index (χ1) is 8.20. The fraction of sp³-hybridized carbons (Fsp3) is 0.917. The summed E-state index contributed by atoms with van der Waals surface area (Å²) in [6.07, 6.45) is 2.34. The van der Waals surface area contributed by atoms with Gasteiger partial charge in [0.2, 0.25) is 5.91 Å². The van der Waals surface area contributed by atoms with E-state index in [2.05, 4.69) is 5.32 Å². The van der Waals surface area contributed by atoms with Crippen molar-refractivity contribution in [2.75, 3.05) is 26.2 Å². The smallest absolute Gasteiger partial charge is 0.239 e. The Morgan fingerprint density at radius 2 is 2.18 bits per heavy atom. The monoisotopic (exact) mass is 242 g/mol. The molecule has 0 aliphatic carbocycles. The molecule has 0 aromatic carbocycles. The predicted molar refractivity (Wildman–Crippen MR) is 63.6 cm³/mol. The summed E-state index contributed by atoms with van der Waals surface area (Å²) in [7, 11) is 0. The molecule has 2 heterocycles. The highest BCUT2D eigenvalue weighted by Gasteiger charge is 2.33. The van der Waals surface area contributed by atoms with E-state index in [4.69, 9.17) is 4.74 Å². The number of carbonyl (C=O) groups is 1. The summed E-state index contributed by atoms with van der Waals surface area (Å²) in [5.74, 6) is 0.136. The van der Waals surface area contributed by atoms with Crippen molar-refractivity contribution in [3.63, 3.8) is 0 Å². The van der Waals surface area contributed by atoms with Crippen LogP contribution in [0.1, 0.15) is 26.2 Å². The van der Waals surface area contributed by atoms with Gasteiger partial charge in [-0.2, -0.15) is 0 Å². The summed E-state index contributed by atoms with van der Waals surface area (Å²) in [4.78, 5) is 14.0. The van der Waals surface area contributed by atoms with Gasteiger partial charge in [-0.05, 0) is 26.2 Å². The maximum absolute atomic E-state index is 12.1. The molecule has 0 aromatic rings. The Kier molecular flexibility index (Phi) is 4.36. The first-order valence-electron chi connectivity index (χ1n) is 6.52. The number of nitrogens with one attached hydrogen (secondary N) is 1. The van der Waals surface area contributed by atoms with Crippen molar-refractivity contribution >= 4 is 5.91 Å². The molecule has 2 atom stereocenters. The van der Waals surface area contributed by atoms with E-state index in [1.165, 1.54) is 0 Å². The largest absolute Gasteiger partial charge is 0.392 e. The number of aliphatic hydroxyl groups is 1. The maximum atomic E-state index is 12.1. The van der Waals surface area contributed by atoms with Crippen molar-refractivity contribution in [2.45, 2.75) is 44.4 Å². The molecular formula is C12H22N2O3. The number of amides is 1. The number of hydrogen-bond acceptors (Lipinski definition) is 4. The Labute approximate surface area is 102 Å². The van der Waals surface area contributed by atoms with Gasteiger partial charge in [0.05, 0.1) is 18.2 Å². The average molecular weight is 242 g/mol. The number of carbonyl (C=O) groups excluding carboxylic acids is 1. The van der Waals surface area contributed by atoms with Crippen LogP contribution < -0.4 is 5.32 Å². The van der Waals surface area contributed by atoms with E-state index in [-0.39, 0.29) is 18.1 Å². The van der Waals surface area contributed by atoms with Gasteiger partial charge in [-0.15, -0.1) is 0 Å². The van der Waals surface area contributed by atoms with Crippen LogP contribution in [-0.2, 0) is 9.53 Å². The van der Waals surface area contributed by atoms with Gasteiger partial charge in [0.15, 0.2) is 0 Å². The highest BCUT2D eigenvalue weighted by Crippen LogP contribution is 2.17. The molecule has 0 radical (unpaired) electrons. The molecule has 5 heteroatoms. The summed E-state index contributed by atoms with van der Waals surface area (Å²) in [6, 6.07) is -0.186. The lowest BCUT2D eigenvalue weighted by molar-refractivity contribution is -0.135. The van der Waals surface area contributed by atoms with Crippen LogP contribution in [0.3, 0.4) is 0 Å². The number of piperidine rings is 1. The number of hydrogen-bond donors (Lipinski definition) is 2. The van der Waals surface area contributed by atoms with Crippen molar-refractivity contribution in [3.8, 4) is 0 Å². The molecular weight excluding hydrogens is 220 g/mol. The zero-order valence-corrected chi connectivity index (χ0v) is 10.4. The van der Waals surface area contributed by atoms with Crippen LogP contribution in [0.15, 0.2) is 0 Å². The van der Waals surface area contributed by atoms with Crippen LogP contribution in [0.4, 0.5) is 0 Å². The Bertz CT molecular complexity index is 264. The van der Waals surface area contributed by atoms with E-state index in [0.717, 1.165) is 32.5 Å². The van der Waals surface area contributed by atoms with Gasteiger partial charge in [0.25, 0.3) is 0 Å². The summed E-state index contributed by atoms with van der Waals surface area (Å²) >= 11 is 0. The van der Waals surface area contributed by atoms with Crippen LogP contribution in [0.5, 0.6) is 0 Å². The third-order valence-electron chi connectivity index (χ3n) is 3.56. The third-order valence-corrected chi connectivity index (χ3v) is 3.56. The molecule has 2 N–H and O–H groups in total. The molecule has 0 saturated carbocycles. The quantitative estimate of drug-likeness (QED) is 0.715. The number of aliphatic hydroxyl groups excluding tert-OH is 1. The molecule has 2 fully saturated rings. The van der Waals surface area contributed by atoms with Crippen LogP contribution in [-0.4, -0.2) is 60.4 Å². The number of β-amino-alcohol motifs (C(OH)–C–C–N with tert-alkyl or cyclic N) is 1. The van der Waals surface area contributed by atoms with Gasteiger partial charge in [-0.3, -0.25) is 4.79 Å². The molecule has 2 unspecified atom stereocenters. The van der Waals surface area contributed by atoms with E-state index >= 15 is 0 Å². The summed E-state index contributed by atoms with van der Waals surface area (Å²) in [6.45, 7) is 4.83. The minimum absolute atomic E-state index is 0.136. The third kappa shape index (κ3) is 3.18. The van der Waals surface area contributed by atoms with E-state index in [1.807, 2.05) is 11.8 Å². The van der Waals surface area contributed by atoms with Crippen molar-refractivity contribution in [2.24, 2.45) is 0 Å². The highest BCUT2D eigenvalue weighted by molar-refractivity contribution is 5.82. The lowest BCUT2D eigenvalue weighted by Gasteiger charge is -2.33. The molecule has 5 nitrogen and oxygen atoms in total. The zero-order valence-electron chi connectivity index (χ0n) is 10.4. The normalized spacial score (nSPS) is 30.8. The van der Waals surface area contributed by atoms with E-state index in [1.54, 1.807) is 0 Å². The summed E-state index contributed by atoms with van der Waals surface area (Å²) < 4.78 is 5.56. The average Bonchev–Trinajstić information content (AvgIpc) is 2.76. The number of likely N-dealkylation sites (tertiary alicyclic amines) is 1. The fourth-order valence-corrected chi connectivity index (χ4v) is 2.60. The SMILES string of the molecule is CCOC1CCN(C(=O)C2CC(O)CN2)CC1. The fourth-order valence-electron chi connectivity index (χ4n) is 2.60. The van der Waals surface area contributed by atoms with Crippen LogP contribution in [0.25, 0.3) is 0 Å². The molecule has 2 aliphatic rings. The van der Waals surface area contributed by atoms with E-state index in [9.17, 15) is 9.90 Å². The Morgan fingerprint density at radius 3 is 2.71 bits per heavy atom. The first kappa shape index (κ1) is 12.8. The molecule has 2 rings (SSSR count). The second-order valence-corrected chi connectivity index (χ2v) is 4.83.